The van der Waals surface area contributed by atoms with Crippen LogP contribution in [0.15, 0.2) is 111 Å². The van der Waals surface area contributed by atoms with Gasteiger partial charge in [-0.05, 0) is 72.5 Å². The van der Waals surface area contributed by atoms with Gasteiger partial charge in [-0.25, -0.2) is 0 Å². The number of nitrogens with two attached hydrogens (primary N) is 1. The Morgan fingerprint density at radius 1 is 1.00 bits per heavy atom. The summed E-state index contributed by atoms with van der Waals surface area (Å²) < 4.78 is 0. The van der Waals surface area contributed by atoms with Crippen molar-refractivity contribution in [1.29, 1.82) is 0 Å². The van der Waals surface area contributed by atoms with Crippen LogP contribution in [-0.4, -0.2) is 37.5 Å². The summed E-state index contributed by atoms with van der Waals surface area (Å²) >= 11 is 0. The summed E-state index contributed by atoms with van der Waals surface area (Å²) in [6.45, 7) is 13.7. The van der Waals surface area contributed by atoms with Gasteiger partial charge in [0.2, 0.25) is 5.91 Å². The van der Waals surface area contributed by atoms with Crippen LogP contribution in [0.4, 0.5) is 0 Å². The molecule has 5 heteroatoms. The highest BCUT2D eigenvalue weighted by atomic mass is 16.1. The Kier molecular flexibility index (Phi) is 11.8. The Morgan fingerprint density at radius 2 is 1.65 bits per heavy atom. The average Bonchev–Trinajstić information content (AvgIpc) is 3.58. The minimum absolute atomic E-state index is 0.0192. The predicted octanol–water partition coefficient (Wildman–Crippen LogP) is 6.29. The average molecular weight is 537 g/mol. The molecular weight excluding hydrogens is 492 g/mol. The van der Waals surface area contributed by atoms with Crippen molar-refractivity contribution in [2.75, 3.05) is 26.7 Å². The number of nitrogens with zero attached hydrogens (tertiary/aromatic N) is 1. The highest BCUT2D eigenvalue weighted by Gasteiger charge is 2.43. The molecule has 2 aliphatic rings. The Bertz CT molecular complexity index is 1310. The van der Waals surface area contributed by atoms with Gasteiger partial charge in [0.05, 0.1) is 6.42 Å². The van der Waals surface area contributed by atoms with Crippen LogP contribution in [0.1, 0.15) is 42.4 Å². The number of likely N-dealkylation sites (tertiary alicyclic amines) is 1. The quantitative estimate of drug-likeness (QED) is 0.281. The molecule has 0 unspecified atom stereocenters. The zero-order valence-corrected chi connectivity index (χ0v) is 23.9. The minimum Gasteiger partial charge on any atom is -0.405 e. The van der Waals surface area contributed by atoms with E-state index in [4.69, 9.17) is 0 Å². The van der Waals surface area contributed by atoms with Crippen molar-refractivity contribution in [1.82, 2.24) is 15.5 Å². The molecule has 2 fully saturated rings. The van der Waals surface area contributed by atoms with E-state index >= 15 is 0 Å². The van der Waals surface area contributed by atoms with Crippen molar-refractivity contribution in [2.24, 2.45) is 5.73 Å². The molecular formula is C35H44N4O. The molecule has 0 radical (unpaired) electrons. The van der Waals surface area contributed by atoms with E-state index in [2.05, 4.69) is 90.5 Å². The second-order valence-corrected chi connectivity index (χ2v) is 10.1. The predicted molar refractivity (Wildman–Crippen MR) is 171 cm³/mol. The zero-order chi connectivity index (χ0) is 28.8. The van der Waals surface area contributed by atoms with Crippen LogP contribution in [0.5, 0.6) is 0 Å². The van der Waals surface area contributed by atoms with E-state index in [1.165, 1.54) is 48.2 Å². The summed E-state index contributed by atoms with van der Waals surface area (Å²) in [6, 6.07) is 23.1. The van der Waals surface area contributed by atoms with E-state index in [-0.39, 0.29) is 11.4 Å². The fraction of sp³-hybridized carbons (Fsp3) is 0.286. The number of carbonyl (C=O) groups excluding carboxylic acids is 1. The fourth-order valence-electron chi connectivity index (χ4n) is 5.03. The first kappa shape index (κ1) is 30.5. The molecule has 0 bridgehead atoms. The van der Waals surface area contributed by atoms with Gasteiger partial charge in [0.25, 0.3) is 0 Å². The summed E-state index contributed by atoms with van der Waals surface area (Å²) in [5.41, 5.74) is 9.38. The van der Waals surface area contributed by atoms with Crippen molar-refractivity contribution in [2.45, 2.75) is 37.6 Å². The van der Waals surface area contributed by atoms with E-state index in [1.54, 1.807) is 6.08 Å². The third-order valence-electron chi connectivity index (χ3n) is 7.40. The van der Waals surface area contributed by atoms with Gasteiger partial charge in [-0.1, -0.05) is 98.6 Å². The van der Waals surface area contributed by atoms with E-state index < -0.39 is 0 Å². The molecule has 0 aromatic heterocycles. The van der Waals surface area contributed by atoms with Gasteiger partial charge in [0, 0.05) is 30.9 Å². The van der Waals surface area contributed by atoms with Crippen LogP contribution >= 0.6 is 0 Å². The second kappa shape index (κ2) is 15.5. The lowest BCUT2D eigenvalue weighted by Crippen LogP contribution is -2.25. The first-order valence-corrected chi connectivity index (χ1v) is 14.0. The number of amides is 1. The summed E-state index contributed by atoms with van der Waals surface area (Å²) in [5, 5.41) is 9.11. The summed E-state index contributed by atoms with van der Waals surface area (Å²) in [6.07, 6.45) is 12.4. The van der Waals surface area contributed by atoms with Crippen molar-refractivity contribution in [3.05, 3.63) is 127 Å². The standard InChI is InChI=1S/C19H24N2O.C14H15N.C2H5N/c1-3-17-10-4-5-11-18(17)15-19(22)20-12-8-9-16(2)21-13-6-7-14-21;1-15-14(9-10-14)13-8-4-6-11-5-2-3-7-12(11)13;1-2-3/h3-5,8-11H,1-2,6-7,12-15H2,(H,20,22);2-8,15H,9-10H2,1H3;2H,1,3H2/b9-8+;;. The highest BCUT2D eigenvalue weighted by molar-refractivity contribution is 5.87. The summed E-state index contributed by atoms with van der Waals surface area (Å²) in [5.74, 6) is 0.0192. The molecule has 4 N–H and O–H groups in total. The molecule has 5 rings (SSSR count). The number of allylic oxidation sites excluding steroid dienone is 1. The molecule has 1 aliphatic carbocycles. The first-order valence-electron chi connectivity index (χ1n) is 14.0. The largest absolute Gasteiger partial charge is 0.405 e. The van der Waals surface area contributed by atoms with E-state index in [9.17, 15) is 4.79 Å². The maximum Gasteiger partial charge on any atom is 0.224 e. The Balaban J connectivity index is 0.000000211. The molecule has 1 saturated heterocycles. The van der Waals surface area contributed by atoms with Gasteiger partial charge in [0.15, 0.2) is 0 Å². The van der Waals surface area contributed by atoms with Gasteiger partial charge >= 0.3 is 0 Å². The molecule has 1 amide bonds. The minimum atomic E-state index is 0.0192. The van der Waals surface area contributed by atoms with Gasteiger partial charge in [-0.15, -0.1) is 0 Å². The van der Waals surface area contributed by atoms with Crippen molar-refractivity contribution < 1.29 is 4.79 Å². The van der Waals surface area contributed by atoms with Gasteiger partial charge < -0.3 is 21.3 Å². The number of rotatable bonds is 9. The highest BCUT2D eigenvalue weighted by Crippen LogP contribution is 2.47. The third kappa shape index (κ3) is 8.45. The summed E-state index contributed by atoms with van der Waals surface area (Å²) in [7, 11) is 2.06. The molecule has 40 heavy (non-hydrogen) atoms. The lowest BCUT2D eigenvalue weighted by molar-refractivity contribution is -0.120. The number of nitrogens with one attached hydrogen (secondary N) is 2. The number of fused-ring (bicyclic) bond motifs is 1. The maximum absolute atomic E-state index is 12.0. The van der Waals surface area contributed by atoms with Crippen LogP contribution in [-0.2, 0) is 16.8 Å². The van der Waals surface area contributed by atoms with E-state index in [0.717, 1.165) is 29.9 Å². The normalized spacial score (nSPS) is 14.9. The number of hydrogen-bond donors (Lipinski definition) is 3. The topological polar surface area (TPSA) is 70.4 Å². The van der Waals surface area contributed by atoms with Crippen LogP contribution < -0.4 is 16.4 Å². The summed E-state index contributed by atoms with van der Waals surface area (Å²) in [4.78, 5) is 14.2. The van der Waals surface area contributed by atoms with Crippen molar-refractivity contribution in [3.8, 4) is 0 Å². The smallest absolute Gasteiger partial charge is 0.224 e. The maximum atomic E-state index is 12.0. The van der Waals surface area contributed by atoms with E-state index in [0.29, 0.717) is 13.0 Å². The third-order valence-corrected chi connectivity index (χ3v) is 7.40. The molecule has 0 spiro atoms. The van der Waals surface area contributed by atoms with Crippen LogP contribution in [0, 0.1) is 0 Å². The molecule has 3 aromatic carbocycles. The van der Waals surface area contributed by atoms with Crippen LogP contribution in [0.3, 0.4) is 0 Å². The Labute approximate surface area is 240 Å². The van der Waals surface area contributed by atoms with Gasteiger partial charge in [-0.2, -0.15) is 0 Å². The molecule has 3 aromatic rings. The number of benzene rings is 3. The molecule has 1 heterocycles. The van der Waals surface area contributed by atoms with Gasteiger partial charge in [-0.3, -0.25) is 4.79 Å². The fourth-order valence-corrected chi connectivity index (χ4v) is 5.03. The number of hydrogen-bond acceptors (Lipinski definition) is 4. The monoisotopic (exact) mass is 536 g/mol. The lowest BCUT2D eigenvalue weighted by atomic mass is 9.97. The molecule has 210 valence electrons. The van der Waals surface area contributed by atoms with Gasteiger partial charge in [0.1, 0.15) is 0 Å². The van der Waals surface area contributed by atoms with Crippen LogP contribution in [0.2, 0.25) is 0 Å². The van der Waals surface area contributed by atoms with Crippen LogP contribution in [0.25, 0.3) is 16.8 Å². The van der Waals surface area contributed by atoms with Crippen molar-refractivity contribution in [3.63, 3.8) is 0 Å². The van der Waals surface area contributed by atoms with Crippen molar-refractivity contribution >= 4 is 22.8 Å². The molecule has 1 aliphatic heterocycles. The Morgan fingerprint density at radius 3 is 2.33 bits per heavy atom. The second-order valence-electron chi connectivity index (χ2n) is 10.1. The first-order chi connectivity index (χ1) is 19.5. The molecule has 5 nitrogen and oxygen atoms in total. The molecule has 0 atom stereocenters. The SMILES string of the molecule is C=CN.C=Cc1ccccc1CC(=O)NC/C=C/C(=C)N1CCCC1.CNC1(c2cccc3ccccc23)CC1. The van der Waals surface area contributed by atoms with E-state index in [1.807, 2.05) is 36.4 Å². The zero-order valence-electron chi connectivity index (χ0n) is 23.9. The molecule has 1 saturated carbocycles. The lowest BCUT2D eigenvalue weighted by Gasteiger charge is -2.17. The Hall–Kier alpha value is -4.09. The number of carbonyl (C=O) groups is 1.